The van der Waals surface area contributed by atoms with Crippen LogP contribution in [0.1, 0.15) is 20.8 Å². The monoisotopic (exact) mass is 280 g/mol. The lowest BCUT2D eigenvalue weighted by atomic mass is 10.1. The van der Waals surface area contributed by atoms with E-state index in [4.69, 9.17) is 0 Å². The van der Waals surface area contributed by atoms with Crippen molar-refractivity contribution >= 4 is 19.7 Å². The molecule has 0 saturated carbocycles. The molecule has 0 radical (unpaired) electrons. The number of hydrogen-bond acceptors (Lipinski definition) is 4. The Morgan fingerprint density at radius 1 is 1.00 bits per heavy atom. The minimum atomic E-state index is -3.78. The predicted octanol–water partition coefficient (Wildman–Crippen LogP) is 1.56. The largest absolute Gasteiger partial charge is 0.227 e. The van der Waals surface area contributed by atoms with Crippen molar-refractivity contribution in [2.24, 2.45) is 5.92 Å². The van der Waals surface area contributed by atoms with Crippen molar-refractivity contribution in [1.82, 2.24) is 0 Å². The van der Waals surface area contributed by atoms with E-state index in [-0.39, 0.29) is 11.5 Å². The van der Waals surface area contributed by atoms with Gasteiger partial charge in [-0.25, -0.2) is 16.8 Å². The Labute approximate surface area is 104 Å². The first kappa shape index (κ1) is 16.4. The van der Waals surface area contributed by atoms with Crippen LogP contribution in [0, 0.1) is 5.92 Å². The summed E-state index contributed by atoms with van der Waals surface area (Å²) in [5.74, 6) is -1.29. The van der Waals surface area contributed by atoms with Gasteiger partial charge in [0.15, 0.2) is 23.8 Å². The van der Waals surface area contributed by atoms with Crippen molar-refractivity contribution in [1.29, 1.82) is 0 Å². The van der Waals surface area contributed by atoms with Crippen LogP contribution in [0.5, 0.6) is 0 Å². The van der Waals surface area contributed by atoms with Gasteiger partial charge < -0.3 is 0 Å². The van der Waals surface area contributed by atoms with E-state index in [0.29, 0.717) is 0 Å². The molecule has 100 valence electrons. The van der Waals surface area contributed by atoms with Crippen molar-refractivity contribution in [2.45, 2.75) is 24.9 Å². The molecule has 0 aliphatic rings. The van der Waals surface area contributed by atoms with E-state index in [1.807, 2.05) is 0 Å². The van der Waals surface area contributed by atoms with Gasteiger partial charge in [-0.2, -0.15) is 0 Å². The van der Waals surface area contributed by atoms with Gasteiger partial charge in [0.1, 0.15) is 0 Å². The quantitative estimate of drug-likeness (QED) is 0.664. The van der Waals surface area contributed by atoms with E-state index in [1.165, 1.54) is 32.9 Å². The van der Waals surface area contributed by atoms with Crippen LogP contribution < -0.4 is 0 Å². The van der Waals surface area contributed by atoms with E-state index in [0.717, 1.165) is 0 Å². The molecule has 0 aliphatic carbocycles. The fourth-order valence-corrected chi connectivity index (χ4v) is 6.32. The normalized spacial score (nSPS) is 13.6. The fourth-order valence-electron chi connectivity index (χ4n) is 1.71. The lowest BCUT2D eigenvalue weighted by molar-refractivity contribution is 0.527. The van der Waals surface area contributed by atoms with Gasteiger partial charge in [-0.15, -0.1) is 13.2 Å². The second-order valence-corrected chi connectivity index (χ2v) is 9.39. The maximum absolute atomic E-state index is 12.1. The van der Waals surface area contributed by atoms with Crippen LogP contribution in [0.4, 0.5) is 0 Å². The predicted molar refractivity (Wildman–Crippen MR) is 71.2 cm³/mol. The lowest BCUT2D eigenvalue weighted by Gasteiger charge is -2.32. The highest BCUT2D eigenvalue weighted by atomic mass is 32.3. The number of allylic oxidation sites excluding steroid dienone is 2. The molecule has 17 heavy (non-hydrogen) atoms. The van der Waals surface area contributed by atoms with Crippen LogP contribution >= 0.6 is 0 Å². The highest BCUT2D eigenvalue weighted by Crippen LogP contribution is 2.35. The summed E-state index contributed by atoms with van der Waals surface area (Å²) < 4.78 is 46.6. The molecule has 0 amide bonds. The van der Waals surface area contributed by atoms with Gasteiger partial charge in [0, 0.05) is 17.4 Å². The molecule has 0 unspecified atom stereocenters. The maximum atomic E-state index is 12.1. The molecule has 0 rings (SSSR count). The Morgan fingerprint density at radius 3 is 1.47 bits per heavy atom. The molecule has 0 aromatic heterocycles. The Morgan fingerprint density at radius 2 is 1.29 bits per heavy atom. The Bertz CT molecular complexity index is 444. The summed E-state index contributed by atoms with van der Waals surface area (Å²) in [5, 5.41) is 0. The second kappa shape index (κ2) is 5.35. The minimum Gasteiger partial charge on any atom is -0.227 e. The molecule has 0 aliphatic heterocycles. The molecule has 0 heterocycles. The second-order valence-electron chi connectivity index (χ2n) is 3.82. The van der Waals surface area contributed by atoms with E-state index in [2.05, 4.69) is 13.2 Å². The van der Waals surface area contributed by atoms with Crippen molar-refractivity contribution in [3.8, 4) is 0 Å². The third-order valence-corrected chi connectivity index (χ3v) is 9.17. The Balaban J connectivity index is 6.25. The lowest BCUT2D eigenvalue weighted by Crippen LogP contribution is -2.50. The average molecular weight is 280 g/mol. The molecule has 0 spiro atoms. The summed E-state index contributed by atoms with van der Waals surface area (Å²) in [4.78, 5) is 0. The van der Waals surface area contributed by atoms with Crippen molar-refractivity contribution in [3.63, 3.8) is 0 Å². The van der Waals surface area contributed by atoms with E-state index >= 15 is 0 Å². The first-order valence-corrected chi connectivity index (χ1v) is 8.64. The number of rotatable bonds is 7. The van der Waals surface area contributed by atoms with Crippen LogP contribution in [0.3, 0.4) is 0 Å². The van der Waals surface area contributed by atoms with E-state index in [1.54, 1.807) is 0 Å². The van der Waals surface area contributed by atoms with Crippen LogP contribution in [-0.4, -0.2) is 32.4 Å². The van der Waals surface area contributed by atoms with Gasteiger partial charge in [0.05, 0.1) is 0 Å². The average Bonchev–Trinajstić information content (AvgIpc) is 2.29. The zero-order chi connectivity index (χ0) is 13.9. The standard InChI is InChI=1S/C11H20O4S2/c1-6-10(7-2)11(5,16(12,13)8-3)17(14,15)9-4/h6-7,10H,1-2,8-9H2,3-5H3. The van der Waals surface area contributed by atoms with E-state index in [9.17, 15) is 16.8 Å². The molecule has 0 bridgehead atoms. The van der Waals surface area contributed by atoms with Crippen molar-refractivity contribution < 1.29 is 16.8 Å². The highest BCUT2D eigenvalue weighted by molar-refractivity contribution is 8.10. The molecule has 0 saturated heterocycles. The SMILES string of the molecule is C=CC(C=C)C(C)(S(=O)(=O)CC)S(=O)(=O)CC. The van der Waals surface area contributed by atoms with Gasteiger partial charge in [-0.05, 0) is 6.92 Å². The third-order valence-electron chi connectivity index (χ3n) is 3.11. The van der Waals surface area contributed by atoms with E-state index < -0.39 is 29.7 Å². The number of sulfone groups is 2. The molecule has 4 nitrogen and oxygen atoms in total. The van der Waals surface area contributed by atoms with Gasteiger partial charge in [0.2, 0.25) is 0 Å². The van der Waals surface area contributed by atoms with Crippen LogP contribution in [0.15, 0.2) is 25.3 Å². The summed E-state index contributed by atoms with van der Waals surface area (Å²) in [5.41, 5.74) is 0. The maximum Gasteiger partial charge on any atom is 0.180 e. The van der Waals surface area contributed by atoms with Gasteiger partial charge in [-0.3, -0.25) is 0 Å². The summed E-state index contributed by atoms with van der Waals surface area (Å²) >= 11 is 0. The summed E-state index contributed by atoms with van der Waals surface area (Å²) in [6.45, 7) is 11.1. The van der Waals surface area contributed by atoms with Crippen LogP contribution in [0.2, 0.25) is 0 Å². The third kappa shape index (κ3) is 2.47. The molecular formula is C11H20O4S2. The minimum absolute atomic E-state index is 0.235. The molecule has 0 aromatic rings. The summed E-state index contributed by atoms with van der Waals surface area (Å²) in [6.07, 6.45) is 2.63. The molecule has 0 aromatic carbocycles. The summed E-state index contributed by atoms with van der Waals surface area (Å²) in [6, 6.07) is 0. The first-order chi connectivity index (χ1) is 7.64. The first-order valence-electron chi connectivity index (χ1n) is 5.34. The zero-order valence-corrected chi connectivity index (χ0v) is 12.1. The van der Waals surface area contributed by atoms with Crippen molar-refractivity contribution in [2.75, 3.05) is 11.5 Å². The molecule has 0 N–H and O–H groups in total. The summed E-state index contributed by atoms with van der Waals surface area (Å²) in [7, 11) is -7.57. The zero-order valence-electron chi connectivity index (χ0n) is 10.5. The topological polar surface area (TPSA) is 68.3 Å². The van der Waals surface area contributed by atoms with Crippen LogP contribution in [-0.2, 0) is 19.7 Å². The molecule has 0 atom stereocenters. The van der Waals surface area contributed by atoms with Gasteiger partial charge in [-0.1, -0.05) is 26.0 Å². The Hall–Kier alpha value is -0.620. The smallest absolute Gasteiger partial charge is 0.180 e. The molecule has 0 fully saturated rings. The fraction of sp³-hybridized carbons (Fsp3) is 0.636. The number of hydrogen-bond donors (Lipinski definition) is 0. The van der Waals surface area contributed by atoms with Crippen molar-refractivity contribution in [3.05, 3.63) is 25.3 Å². The molecular weight excluding hydrogens is 260 g/mol. The van der Waals surface area contributed by atoms with Crippen LogP contribution in [0.25, 0.3) is 0 Å². The molecule has 6 heteroatoms. The highest BCUT2D eigenvalue weighted by Gasteiger charge is 2.52. The van der Waals surface area contributed by atoms with Gasteiger partial charge in [0.25, 0.3) is 0 Å². The Kier molecular flexibility index (Phi) is 5.16. The van der Waals surface area contributed by atoms with Gasteiger partial charge >= 0.3 is 0 Å².